The van der Waals surface area contributed by atoms with E-state index >= 15 is 0 Å². The largest absolute Gasteiger partial charge is 0.496 e. The smallest absolute Gasteiger partial charge is 0.308 e. The molecule has 0 aromatic heterocycles. The predicted molar refractivity (Wildman–Crippen MR) is 92.9 cm³/mol. The maximum atomic E-state index is 13.0. The van der Waals surface area contributed by atoms with E-state index < -0.39 is 0 Å². The molecule has 1 aliphatic carbocycles. The molecule has 1 heterocycles. The van der Waals surface area contributed by atoms with E-state index in [1.807, 2.05) is 38.1 Å². The van der Waals surface area contributed by atoms with E-state index in [4.69, 9.17) is 14.2 Å². The molecule has 3 atom stereocenters. The number of hydrogen-bond donors (Lipinski definition) is 0. The maximum absolute atomic E-state index is 13.0. The molecule has 5 nitrogen and oxygen atoms in total. The quantitative estimate of drug-likeness (QED) is 0.784. The summed E-state index contributed by atoms with van der Waals surface area (Å²) in [6, 6.07) is 7.44. The standard InChI is InChI=1S/C20H24O5/c1-12(2)20(22)25-13-8-9-15-18(10-13)24-11-16(19(15)21)14-6-4-5-7-17(14)23-3/h4-7,11-13,15,18H,8-10H2,1-3H3. The topological polar surface area (TPSA) is 61.8 Å². The van der Waals surface area contributed by atoms with Crippen LogP contribution < -0.4 is 4.74 Å². The van der Waals surface area contributed by atoms with Crippen molar-refractivity contribution < 1.29 is 23.8 Å². The average Bonchev–Trinajstić information content (AvgIpc) is 2.62. The van der Waals surface area contributed by atoms with Crippen molar-refractivity contribution in [2.24, 2.45) is 11.8 Å². The van der Waals surface area contributed by atoms with Gasteiger partial charge in [-0.2, -0.15) is 0 Å². The summed E-state index contributed by atoms with van der Waals surface area (Å²) in [7, 11) is 1.59. The molecule has 1 fully saturated rings. The molecule has 2 aliphatic rings. The number of allylic oxidation sites excluding steroid dienone is 1. The summed E-state index contributed by atoms with van der Waals surface area (Å²) in [6.07, 6.45) is 3.04. The number of ketones is 1. The fourth-order valence-electron chi connectivity index (χ4n) is 3.43. The maximum Gasteiger partial charge on any atom is 0.308 e. The first-order valence-corrected chi connectivity index (χ1v) is 8.75. The van der Waals surface area contributed by atoms with E-state index in [0.29, 0.717) is 30.6 Å². The lowest BCUT2D eigenvalue weighted by Crippen LogP contribution is -2.42. The number of rotatable bonds is 4. The van der Waals surface area contributed by atoms with E-state index in [1.165, 1.54) is 6.26 Å². The molecular weight excluding hydrogens is 320 g/mol. The number of esters is 1. The van der Waals surface area contributed by atoms with Crippen LogP contribution in [0.15, 0.2) is 30.5 Å². The zero-order valence-corrected chi connectivity index (χ0v) is 14.9. The zero-order chi connectivity index (χ0) is 18.0. The summed E-state index contributed by atoms with van der Waals surface area (Å²) in [5.41, 5.74) is 1.30. The number of carbonyl (C=O) groups excluding carboxylic acids is 2. The summed E-state index contributed by atoms with van der Waals surface area (Å²) in [6.45, 7) is 3.63. The van der Waals surface area contributed by atoms with Gasteiger partial charge in [-0.1, -0.05) is 32.0 Å². The van der Waals surface area contributed by atoms with Crippen LogP contribution in [-0.2, 0) is 19.1 Å². The van der Waals surface area contributed by atoms with E-state index in [2.05, 4.69) is 0 Å². The first-order chi connectivity index (χ1) is 12.0. The Labute approximate surface area is 148 Å². The molecule has 25 heavy (non-hydrogen) atoms. The first-order valence-electron chi connectivity index (χ1n) is 8.75. The van der Waals surface area contributed by atoms with Crippen LogP contribution in [0.4, 0.5) is 0 Å². The van der Waals surface area contributed by atoms with Crippen LogP contribution >= 0.6 is 0 Å². The predicted octanol–water partition coefficient (Wildman–Crippen LogP) is 3.37. The van der Waals surface area contributed by atoms with Crippen LogP contribution in [0.25, 0.3) is 5.57 Å². The van der Waals surface area contributed by atoms with Crippen LogP contribution in [-0.4, -0.2) is 31.1 Å². The van der Waals surface area contributed by atoms with Gasteiger partial charge in [-0.15, -0.1) is 0 Å². The van der Waals surface area contributed by atoms with Crippen molar-refractivity contribution >= 4 is 17.3 Å². The molecule has 0 amide bonds. The Hall–Kier alpha value is -2.30. The Morgan fingerprint density at radius 2 is 2.00 bits per heavy atom. The molecule has 134 valence electrons. The number of methoxy groups -OCH3 is 1. The molecule has 1 aromatic rings. The number of hydrogen-bond acceptors (Lipinski definition) is 5. The molecule has 0 N–H and O–H groups in total. The third kappa shape index (κ3) is 3.55. The van der Waals surface area contributed by atoms with E-state index in [0.717, 1.165) is 5.56 Å². The van der Waals surface area contributed by atoms with Gasteiger partial charge in [-0.05, 0) is 18.9 Å². The van der Waals surface area contributed by atoms with Crippen molar-refractivity contribution in [1.82, 2.24) is 0 Å². The molecule has 0 bridgehead atoms. The molecule has 3 unspecified atom stereocenters. The van der Waals surface area contributed by atoms with Gasteiger partial charge in [0.25, 0.3) is 0 Å². The van der Waals surface area contributed by atoms with Gasteiger partial charge in [0.05, 0.1) is 30.8 Å². The molecule has 0 radical (unpaired) electrons. The van der Waals surface area contributed by atoms with Gasteiger partial charge in [-0.25, -0.2) is 0 Å². The lowest BCUT2D eigenvalue weighted by Gasteiger charge is -2.37. The van der Waals surface area contributed by atoms with Gasteiger partial charge in [0.2, 0.25) is 0 Å². The average molecular weight is 344 g/mol. The number of para-hydroxylation sites is 1. The molecule has 1 saturated carbocycles. The fourth-order valence-corrected chi connectivity index (χ4v) is 3.43. The van der Waals surface area contributed by atoms with Crippen molar-refractivity contribution in [3.8, 4) is 5.75 Å². The van der Waals surface area contributed by atoms with Gasteiger partial charge in [0.15, 0.2) is 5.78 Å². The van der Waals surface area contributed by atoms with Crippen molar-refractivity contribution in [3.05, 3.63) is 36.1 Å². The Morgan fingerprint density at radius 1 is 1.24 bits per heavy atom. The molecular formula is C20H24O5. The molecule has 3 rings (SSSR count). The number of ether oxygens (including phenoxy) is 3. The number of Topliss-reactive ketones (excluding diaryl/α,β-unsaturated/α-hetero) is 1. The highest BCUT2D eigenvalue weighted by atomic mass is 16.5. The summed E-state index contributed by atoms with van der Waals surface area (Å²) in [4.78, 5) is 24.7. The highest BCUT2D eigenvalue weighted by Crippen LogP contribution is 2.39. The molecule has 1 aliphatic heterocycles. The zero-order valence-electron chi connectivity index (χ0n) is 14.9. The Bertz CT molecular complexity index is 691. The van der Waals surface area contributed by atoms with Crippen molar-refractivity contribution in [2.75, 3.05) is 7.11 Å². The second-order valence-corrected chi connectivity index (χ2v) is 6.90. The minimum absolute atomic E-state index is 0.0781. The SMILES string of the molecule is COc1ccccc1C1=COC2CC(OC(=O)C(C)C)CCC2C1=O. The Morgan fingerprint density at radius 3 is 2.72 bits per heavy atom. The van der Waals surface area contributed by atoms with Crippen LogP contribution in [0.5, 0.6) is 5.75 Å². The lowest BCUT2D eigenvalue weighted by atomic mass is 9.77. The van der Waals surface area contributed by atoms with Crippen molar-refractivity contribution in [3.63, 3.8) is 0 Å². The summed E-state index contributed by atoms with van der Waals surface area (Å²) in [5, 5.41) is 0. The van der Waals surface area contributed by atoms with Crippen LogP contribution in [0.2, 0.25) is 0 Å². The Kier molecular flexibility index (Phi) is 5.11. The second kappa shape index (κ2) is 7.30. The molecule has 0 saturated heterocycles. The summed E-state index contributed by atoms with van der Waals surface area (Å²) >= 11 is 0. The van der Waals surface area contributed by atoms with E-state index in [9.17, 15) is 9.59 Å². The van der Waals surface area contributed by atoms with Crippen molar-refractivity contribution in [2.45, 2.75) is 45.3 Å². The third-order valence-corrected chi connectivity index (χ3v) is 4.86. The Balaban J connectivity index is 1.75. The highest BCUT2D eigenvalue weighted by molar-refractivity contribution is 6.22. The highest BCUT2D eigenvalue weighted by Gasteiger charge is 2.41. The van der Waals surface area contributed by atoms with Crippen molar-refractivity contribution in [1.29, 1.82) is 0 Å². The fraction of sp³-hybridized carbons (Fsp3) is 0.500. The molecule has 1 aromatic carbocycles. The van der Waals surface area contributed by atoms with Gasteiger partial charge >= 0.3 is 5.97 Å². The number of fused-ring (bicyclic) bond motifs is 1. The normalized spacial score (nSPS) is 25.7. The van der Waals surface area contributed by atoms with Gasteiger partial charge in [0.1, 0.15) is 18.0 Å². The lowest BCUT2D eigenvalue weighted by molar-refractivity contribution is -0.158. The molecule has 5 heteroatoms. The molecule has 0 spiro atoms. The van der Waals surface area contributed by atoms with E-state index in [1.54, 1.807) is 7.11 Å². The van der Waals surface area contributed by atoms with Gasteiger partial charge < -0.3 is 14.2 Å². The summed E-state index contributed by atoms with van der Waals surface area (Å²) < 4.78 is 16.7. The van der Waals surface area contributed by atoms with Crippen LogP contribution in [0, 0.1) is 11.8 Å². The van der Waals surface area contributed by atoms with Gasteiger partial charge in [-0.3, -0.25) is 9.59 Å². The third-order valence-electron chi connectivity index (χ3n) is 4.86. The monoisotopic (exact) mass is 344 g/mol. The van der Waals surface area contributed by atoms with Crippen LogP contribution in [0.3, 0.4) is 0 Å². The summed E-state index contributed by atoms with van der Waals surface area (Å²) in [5.74, 6) is 0.191. The number of carbonyl (C=O) groups is 2. The minimum Gasteiger partial charge on any atom is -0.496 e. The van der Waals surface area contributed by atoms with Gasteiger partial charge in [0, 0.05) is 12.0 Å². The second-order valence-electron chi connectivity index (χ2n) is 6.90. The minimum atomic E-state index is -0.232. The number of benzene rings is 1. The first kappa shape index (κ1) is 17.5. The van der Waals surface area contributed by atoms with Crippen LogP contribution in [0.1, 0.15) is 38.7 Å². The van der Waals surface area contributed by atoms with E-state index in [-0.39, 0.29) is 35.8 Å².